The molecular formula is C10H10F7NO3. The van der Waals surface area contributed by atoms with Gasteiger partial charge in [0.25, 0.3) is 5.91 Å². The molecule has 1 N–H and O–H groups in total. The lowest BCUT2D eigenvalue weighted by molar-refractivity contribution is -0.344. The van der Waals surface area contributed by atoms with Crippen molar-refractivity contribution in [3.8, 4) is 0 Å². The molecule has 0 aromatic rings. The molecule has 1 amide bonds. The Morgan fingerprint density at radius 3 is 1.95 bits per heavy atom. The van der Waals surface area contributed by atoms with Crippen molar-refractivity contribution in [2.45, 2.75) is 24.9 Å². The van der Waals surface area contributed by atoms with Crippen LogP contribution < -0.4 is 5.32 Å². The molecule has 0 saturated carbocycles. The Hall–Kier alpha value is -1.81. The van der Waals surface area contributed by atoms with Crippen molar-refractivity contribution in [2.75, 3.05) is 13.2 Å². The molecule has 0 spiro atoms. The van der Waals surface area contributed by atoms with Crippen molar-refractivity contribution in [3.05, 3.63) is 12.2 Å². The fourth-order valence-electron chi connectivity index (χ4n) is 0.863. The van der Waals surface area contributed by atoms with Crippen LogP contribution >= 0.6 is 0 Å². The molecule has 122 valence electrons. The second-order valence-corrected chi connectivity index (χ2v) is 3.82. The molecule has 0 atom stereocenters. The highest BCUT2D eigenvalue weighted by molar-refractivity contribution is 5.87. The number of ether oxygens (including phenoxy) is 1. The summed E-state index contributed by atoms with van der Waals surface area (Å²) in [4.78, 5) is 21.6. The molecule has 21 heavy (non-hydrogen) atoms. The first kappa shape index (κ1) is 19.2. The molecule has 4 nitrogen and oxygen atoms in total. The number of amides is 1. The summed E-state index contributed by atoms with van der Waals surface area (Å²) in [5.41, 5.74) is -0.0599. The zero-order valence-corrected chi connectivity index (χ0v) is 10.5. The van der Waals surface area contributed by atoms with Gasteiger partial charge in [0.1, 0.15) is 6.61 Å². The Kier molecular flexibility index (Phi) is 5.76. The normalized spacial score (nSPS) is 12.8. The molecule has 0 unspecified atom stereocenters. The summed E-state index contributed by atoms with van der Waals surface area (Å²) in [6.45, 7) is 2.83. The molecule has 0 aromatic carbocycles. The maximum atomic E-state index is 12.8. The van der Waals surface area contributed by atoms with E-state index < -0.39 is 43.0 Å². The summed E-state index contributed by atoms with van der Waals surface area (Å²) in [6, 6.07) is 0. The maximum absolute atomic E-state index is 12.8. The SMILES string of the molecule is C=C(C)C(=O)OCCNC(=O)C(F)(F)C(F)(F)C(F)(F)F. The van der Waals surface area contributed by atoms with Crippen molar-refractivity contribution in [1.82, 2.24) is 5.32 Å². The summed E-state index contributed by atoms with van der Waals surface area (Å²) < 4.78 is 90.2. The van der Waals surface area contributed by atoms with Gasteiger partial charge in [-0.1, -0.05) is 6.58 Å². The maximum Gasteiger partial charge on any atom is 0.460 e. The largest absolute Gasteiger partial charge is 0.460 e. The molecule has 0 radical (unpaired) electrons. The number of alkyl halides is 7. The monoisotopic (exact) mass is 325 g/mol. The van der Waals surface area contributed by atoms with Crippen LogP contribution in [0.25, 0.3) is 0 Å². The summed E-state index contributed by atoms with van der Waals surface area (Å²) >= 11 is 0. The summed E-state index contributed by atoms with van der Waals surface area (Å²) in [6.07, 6.45) is -6.60. The quantitative estimate of drug-likeness (QED) is 0.352. The van der Waals surface area contributed by atoms with Crippen LogP contribution in [0, 0.1) is 0 Å². The fourth-order valence-corrected chi connectivity index (χ4v) is 0.863. The molecule has 0 heterocycles. The minimum atomic E-state index is -6.60. The van der Waals surface area contributed by atoms with Gasteiger partial charge in [-0.05, 0) is 6.92 Å². The van der Waals surface area contributed by atoms with Crippen LogP contribution in [0.4, 0.5) is 30.7 Å². The first-order valence-corrected chi connectivity index (χ1v) is 5.18. The number of nitrogens with one attached hydrogen (secondary N) is 1. The van der Waals surface area contributed by atoms with E-state index >= 15 is 0 Å². The Morgan fingerprint density at radius 1 is 1.10 bits per heavy atom. The number of hydrogen-bond acceptors (Lipinski definition) is 3. The first-order chi connectivity index (χ1) is 9.25. The van der Waals surface area contributed by atoms with E-state index in [0.29, 0.717) is 0 Å². The topological polar surface area (TPSA) is 55.4 Å². The summed E-state index contributed by atoms with van der Waals surface area (Å²) in [7, 11) is 0. The van der Waals surface area contributed by atoms with Crippen LogP contribution in [-0.2, 0) is 14.3 Å². The minimum Gasteiger partial charge on any atom is -0.460 e. The number of halogens is 7. The van der Waals surface area contributed by atoms with E-state index in [0.717, 1.165) is 5.32 Å². The first-order valence-electron chi connectivity index (χ1n) is 5.18. The molecule has 0 aliphatic heterocycles. The standard InChI is InChI=1S/C10H10F7NO3/c1-5(2)6(19)21-4-3-18-7(20)8(11,12)9(13,14)10(15,16)17/h1,3-4H2,2H3,(H,18,20). The van der Waals surface area contributed by atoms with Gasteiger partial charge in [-0.25, -0.2) is 4.79 Å². The van der Waals surface area contributed by atoms with Gasteiger partial charge in [0.05, 0.1) is 6.54 Å². The third kappa shape index (κ3) is 4.33. The van der Waals surface area contributed by atoms with Crippen LogP contribution in [0.5, 0.6) is 0 Å². The minimum absolute atomic E-state index is 0.0599. The van der Waals surface area contributed by atoms with E-state index in [1.807, 2.05) is 0 Å². The molecule has 0 aliphatic rings. The van der Waals surface area contributed by atoms with Crippen LogP contribution in [0.15, 0.2) is 12.2 Å². The molecule has 0 aliphatic carbocycles. The molecule has 0 bridgehead atoms. The lowest BCUT2D eigenvalue weighted by Gasteiger charge is -2.26. The molecule has 0 fully saturated rings. The second kappa shape index (κ2) is 6.31. The van der Waals surface area contributed by atoms with E-state index in [1.165, 1.54) is 6.92 Å². The van der Waals surface area contributed by atoms with E-state index in [-0.39, 0.29) is 5.57 Å². The number of rotatable bonds is 6. The van der Waals surface area contributed by atoms with E-state index in [4.69, 9.17) is 0 Å². The molecule has 0 saturated heterocycles. The average molecular weight is 325 g/mol. The van der Waals surface area contributed by atoms with Gasteiger partial charge < -0.3 is 10.1 Å². The van der Waals surface area contributed by atoms with Gasteiger partial charge in [0.15, 0.2) is 0 Å². The summed E-state index contributed by atoms with van der Waals surface area (Å²) in [5.74, 6) is -16.3. The van der Waals surface area contributed by atoms with Gasteiger partial charge in [-0.3, -0.25) is 4.79 Å². The van der Waals surface area contributed by atoms with E-state index in [2.05, 4.69) is 11.3 Å². The fraction of sp³-hybridized carbons (Fsp3) is 0.600. The van der Waals surface area contributed by atoms with Gasteiger partial charge >= 0.3 is 24.0 Å². The molecule has 0 rings (SSSR count). The number of carbonyl (C=O) groups is 2. The highest BCUT2D eigenvalue weighted by Crippen LogP contribution is 2.46. The Labute approximate surface area is 113 Å². The van der Waals surface area contributed by atoms with Crippen LogP contribution in [0.2, 0.25) is 0 Å². The molecule has 0 aromatic heterocycles. The third-order valence-corrected chi connectivity index (χ3v) is 2.00. The van der Waals surface area contributed by atoms with Crippen LogP contribution in [0.1, 0.15) is 6.92 Å². The van der Waals surface area contributed by atoms with Gasteiger partial charge in [0.2, 0.25) is 0 Å². The average Bonchev–Trinajstić information content (AvgIpc) is 2.31. The van der Waals surface area contributed by atoms with Gasteiger partial charge in [-0.2, -0.15) is 30.7 Å². The lowest BCUT2D eigenvalue weighted by Crippen LogP contribution is -2.59. The van der Waals surface area contributed by atoms with Crippen molar-refractivity contribution in [2.24, 2.45) is 0 Å². The van der Waals surface area contributed by atoms with Crippen LogP contribution in [0.3, 0.4) is 0 Å². The highest BCUT2D eigenvalue weighted by atomic mass is 19.4. The van der Waals surface area contributed by atoms with E-state index in [1.54, 1.807) is 0 Å². The van der Waals surface area contributed by atoms with Crippen molar-refractivity contribution in [3.63, 3.8) is 0 Å². The highest BCUT2D eigenvalue weighted by Gasteiger charge is 2.76. The van der Waals surface area contributed by atoms with Gasteiger partial charge in [0, 0.05) is 5.57 Å². The van der Waals surface area contributed by atoms with Crippen molar-refractivity contribution < 1.29 is 45.1 Å². The van der Waals surface area contributed by atoms with E-state index in [9.17, 15) is 40.3 Å². The predicted molar refractivity (Wildman–Crippen MR) is 54.7 cm³/mol. The third-order valence-electron chi connectivity index (χ3n) is 2.00. The number of esters is 1. The van der Waals surface area contributed by atoms with Crippen LogP contribution in [-0.4, -0.2) is 43.0 Å². The zero-order valence-electron chi connectivity index (χ0n) is 10.5. The van der Waals surface area contributed by atoms with Crippen molar-refractivity contribution >= 4 is 11.9 Å². The lowest BCUT2D eigenvalue weighted by atomic mass is 10.1. The number of hydrogen-bond donors (Lipinski definition) is 1. The Morgan fingerprint density at radius 2 is 1.57 bits per heavy atom. The molecular weight excluding hydrogens is 315 g/mol. The Balaban J connectivity index is 4.59. The Bertz CT molecular complexity index is 431. The second-order valence-electron chi connectivity index (χ2n) is 3.82. The van der Waals surface area contributed by atoms with Crippen molar-refractivity contribution in [1.29, 1.82) is 0 Å². The van der Waals surface area contributed by atoms with Gasteiger partial charge in [-0.15, -0.1) is 0 Å². The predicted octanol–water partition coefficient (Wildman–Crippen LogP) is 2.05. The molecule has 11 heteroatoms. The zero-order chi connectivity index (χ0) is 17.1. The smallest absolute Gasteiger partial charge is 0.460 e. The summed E-state index contributed by atoms with van der Waals surface area (Å²) in [5, 5.41) is 1.12. The number of carbonyl (C=O) groups excluding carboxylic acids is 2.